The van der Waals surface area contributed by atoms with Crippen molar-refractivity contribution in [3.05, 3.63) is 16.1 Å². The minimum absolute atomic E-state index is 0. The Kier molecular flexibility index (Phi) is 11.2. The molecule has 2 N–H and O–H groups in total. The normalized spacial score (nSPS) is 23.8. The van der Waals surface area contributed by atoms with Crippen LogP contribution in [0, 0.1) is 5.92 Å². The molecule has 0 aliphatic carbocycles. The van der Waals surface area contributed by atoms with E-state index in [9.17, 15) is 4.79 Å². The second kappa shape index (κ2) is 12.3. The Bertz CT molecular complexity index is 586. The fourth-order valence-electron chi connectivity index (χ4n) is 4.07. The zero-order chi connectivity index (χ0) is 18.5. The smallest absolute Gasteiger partial charge is 0.273 e. The van der Waals surface area contributed by atoms with Crippen LogP contribution in [0.25, 0.3) is 0 Å². The Morgan fingerprint density at radius 2 is 1.89 bits per heavy atom. The van der Waals surface area contributed by atoms with Gasteiger partial charge in [0.2, 0.25) is 0 Å². The number of carbonyl (C=O) groups excluding carboxylic acids is 1. The molecule has 2 saturated heterocycles. The van der Waals surface area contributed by atoms with E-state index in [4.69, 9.17) is 10.5 Å². The van der Waals surface area contributed by atoms with Crippen molar-refractivity contribution in [3.63, 3.8) is 0 Å². The van der Waals surface area contributed by atoms with Crippen LogP contribution in [0.1, 0.15) is 48.6 Å². The van der Waals surface area contributed by atoms with Gasteiger partial charge in [-0.05, 0) is 52.1 Å². The highest BCUT2D eigenvalue weighted by molar-refractivity contribution is 7.09. The molecule has 1 aromatic rings. The second-order valence-electron chi connectivity index (χ2n) is 7.71. The summed E-state index contributed by atoms with van der Waals surface area (Å²) in [6.45, 7) is 9.81. The summed E-state index contributed by atoms with van der Waals surface area (Å²) in [5.74, 6) is 0.801. The minimum atomic E-state index is 0. The molecule has 1 amide bonds. The molecule has 6 nitrogen and oxygen atoms in total. The lowest BCUT2D eigenvalue weighted by molar-refractivity contribution is -0.0693. The number of nitrogens with two attached hydrogens (primary N) is 1. The van der Waals surface area contributed by atoms with Crippen LogP contribution in [0.3, 0.4) is 0 Å². The van der Waals surface area contributed by atoms with Crippen molar-refractivity contribution in [2.75, 3.05) is 39.3 Å². The molecule has 2 aliphatic heterocycles. The third-order valence-corrected chi connectivity index (χ3v) is 6.29. The molecule has 0 saturated carbocycles. The van der Waals surface area contributed by atoms with Gasteiger partial charge in [0.1, 0.15) is 5.69 Å². The van der Waals surface area contributed by atoms with E-state index in [1.807, 2.05) is 10.3 Å². The average Bonchev–Trinajstić information content (AvgIpc) is 3.08. The van der Waals surface area contributed by atoms with Crippen molar-refractivity contribution in [2.45, 2.75) is 51.7 Å². The first-order chi connectivity index (χ1) is 12.5. The van der Waals surface area contributed by atoms with Crippen molar-refractivity contribution in [1.82, 2.24) is 14.8 Å². The van der Waals surface area contributed by atoms with Gasteiger partial charge in [-0.3, -0.25) is 9.69 Å². The van der Waals surface area contributed by atoms with E-state index in [1.165, 1.54) is 17.8 Å². The highest BCUT2D eigenvalue weighted by atomic mass is 35.5. The molecule has 1 aromatic heterocycles. The molecular formula is C19H34Cl2N4O2S. The van der Waals surface area contributed by atoms with Gasteiger partial charge < -0.3 is 15.4 Å². The molecule has 3 heterocycles. The summed E-state index contributed by atoms with van der Waals surface area (Å²) in [6.07, 6.45) is 4.83. The van der Waals surface area contributed by atoms with Gasteiger partial charge in [-0.2, -0.15) is 0 Å². The number of carbonyl (C=O) groups is 1. The van der Waals surface area contributed by atoms with Gasteiger partial charge in [-0.1, -0.05) is 0 Å². The van der Waals surface area contributed by atoms with Gasteiger partial charge in [0.15, 0.2) is 0 Å². The SMILES string of the molecule is CC1CN(CCC2CCN(C(=O)c3csc(CCN)n3)CC2)CC(C)O1.Cl.Cl. The molecule has 2 aliphatic rings. The summed E-state index contributed by atoms with van der Waals surface area (Å²) >= 11 is 1.54. The van der Waals surface area contributed by atoms with E-state index in [-0.39, 0.29) is 30.7 Å². The van der Waals surface area contributed by atoms with Crippen molar-refractivity contribution >= 4 is 42.1 Å². The predicted molar refractivity (Wildman–Crippen MR) is 119 cm³/mol. The third-order valence-electron chi connectivity index (χ3n) is 5.38. The van der Waals surface area contributed by atoms with E-state index < -0.39 is 0 Å². The third kappa shape index (κ3) is 7.11. The molecule has 0 radical (unpaired) electrons. The summed E-state index contributed by atoms with van der Waals surface area (Å²) < 4.78 is 5.81. The van der Waals surface area contributed by atoms with E-state index in [1.54, 1.807) is 0 Å². The Balaban J connectivity index is 0.00000196. The molecule has 2 unspecified atom stereocenters. The van der Waals surface area contributed by atoms with E-state index in [2.05, 4.69) is 23.7 Å². The number of hydrogen-bond acceptors (Lipinski definition) is 6. The molecular weight excluding hydrogens is 419 g/mol. The lowest BCUT2D eigenvalue weighted by Crippen LogP contribution is -2.46. The van der Waals surface area contributed by atoms with Gasteiger partial charge in [0.05, 0.1) is 17.2 Å². The van der Waals surface area contributed by atoms with Crippen LogP contribution >= 0.6 is 36.2 Å². The maximum absolute atomic E-state index is 12.6. The largest absolute Gasteiger partial charge is 0.373 e. The summed E-state index contributed by atoms with van der Waals surface area (Å²) in [5, 5.41) is 2.83. The number of hydrogen-bond donors (Lipinski definition) is 1. The Morgan fingerprint density at radius 1 is 1.25 bits per heavy atom. The van der Waals surface area contributed by atoms with Crippen LogP contribution in [0.15, 0.2) is 5.38 Å². The Labute approximate surface area is 185 Å². The lowest BCUT2D eigenvalue weighted by atomic mass is 9.93. The van der Waals surface area contributed by atoms with Crippen LogP contribution in [0.4, 0.5) is 0 Å². The maximum atomic E-state index is 12.6. The van der Waals surface area contributed by atoms with E-state index >= 15 is 0 Å². The van der Waals surface area contributed by atoms with E-state index in [0.29, 0.717) is 24.4 Å². The van der Waals surface area contributed by atoms with Gasteiger partial charge in [0, 0.05) is 38.0 Å². The quantitative estimate of drug-likeness (QED) is 0.717. The number of aromatic nitrogens is 1. The Hall–Kier alpha value is -0.440. The molecule has 162 valence electrons. The standard InChI is InChI=1S/C19H32N4O2S.2ClH/c1-14-11-22(12-15(2)25-14)8-4-16-5-9-23(10-6-16)19(24)17-13-26-18(21-17)3-7-20;;/h13-16H,3-12,20H2,1-2H3;2*1H. The van der Waals surface area contributed by atoms with Crippen molar-refractivity contribution in [1.29, 1.82) is 0 Å². The number of morpholine rings is 1. The molecule has 0 bridgehead atoms. The van der Waals surface area contributed by atoms with Gasteiger partial charge in [0.25, 0.3) is 5.91 Å². The highest BCUT2D eigenvalue weighted by Gasteiger charge is 2.27. The first-order valence-corrected chi connectivity index (χ1v) is 10.7. The van der Waals surface area contributed by atoms with Crippen LogP contribution in [0.5, 0.6) is 0 Å². The fraction of sp³-hybridized carbons (Fsp3) is 0.789. The summed E-state index contributed by atoms with van der Waals surface area (Å²) in [5.41, 5.74) is 6.15. The lowest BCUT2D eigenvalue weighted by Gasteiger charge is -2.37. The average molecular weight is 453 g/mol. The molecule has 28 heavy (non-hydrogen) atoms. The number of thiazole rings is 1. The zero-order valence-electron chi connectivity index (χ0n) is 16.8. The monoisotopic (exact) mass is 452 g/mol. The molecule has 9 heteroatoms. The molecule has 0 spiro atoms. The molecule has 3 rings (SSSR count). The molecule has 2 fully saturated rings. The first kappa shape index (κ1) is 25.6. The van der Waals surface area contributed by atoms with Crippen LogP contribution in [-0.4, -0.2) is 72.2 Å². The number of rotatable bonds is 6. The first-order valence-electron chi connectivity index (χ1n) is 9.86. The highest BCUT2D eigenvalue weighted by Crippen LogP contribution is 2.23. The Morgan fingerprint density at radius 3 is 2.50 bits per heavy atom. The molecule has 2 atom stereocenters. The number of halogens is 2. The molecule has 0 aromatic carbocycles. The van der Waals surface area contributed by atoms with Crippen LogP contribution in [0.2, 0.25) is 0 Å². The number of piperidine rings is 1. The maximum Gasteiger partial charge on any atom is 0.273 e. The fourth-order valence-corrected chi connectivity index (χ4v) is 4.85. The minimum Gasteiger partial charge on any atom is -0.373 e. The van der Waals surface area contributed by atoms with Gasteiger partial charge >= 0.3 is 0 Å². The van der Waals surface area contributed by atoms with E-state index in [0.717, 1.165) is 62.9 Å². The number of nitrogens with zero attached hydrogens (tertiary/aromatic N) is 3. The second-order valence-corrected chi connectivity index (χ2v) is 8.65. The predicted octanol–water partition coefficient (Wildman–Crippen LogP) is 2.84. The van der Waals surface area contributed by atoms with Crippen molar-refractivity contribution in [2.24, 2.45) is 11.7 Å². The van der Waals surface area contributed by atoms with Crippen molar-refractivity contribution < 1.29 is 9.53 Å². The number of ether oxygens (including phenoxy) is 1. The van der Waals surface area contributed by atoms with Crippen LogP contribution < -0.4 is 5.73 Å². The topological polar surface area (TPSA) is 71.7 Å². The summed E-state index contributed by atoms with van der Waals surface area (Å²) in [4.78, 5) is 21.6. The van der Waals surface area contributed by atoms with Crippen molar-refractivity contribution in [3.8, 4) is 0 Å². The number of amides is 1. The number of likely N-dealkylation sites (tertiary alicyclic amines) is 1. The zero-order valence-corrected chi connectivity index (χ0v) is 19.3. The summed E-state index contributed by atoms with van der Waals surface area (Å²) in [6, 6.07) is 0. The van der Waals surface area contributed by atoms with Crippen LogP contribution in [-0.2, 0) is 11.2 Å². The van der Waals surface area contributed by atoms with Gasteiger partial charge in [-0.25, -0.2) is 4.98 Å². The van der Waals surface area contributed by atoms with Gasteiger partial charge in [-0.15, -0.1) is 36.2 Å². The summed E-state index contributed by atoms with van der Waals surface area (Å²) in [7, 11) is 0.